The second kappa shape index (κ2) is 9.91. The van der Waals surface area contributed by atoms with Gasteiger partial charge in [0, 0.05) is 63.3 Å². The van der Waals surface area contributed by atoms with Gasteiger partial charge in [-0.2, -0.15) is 0 Å². The number of aromatic nitrogens is 6. The standard InChI is InChI=1S/C22H26Br2N10O/c23-10-1-12(28-3-10)5-27-6-13-14(7-30-20(35)15-2-11(24)4-29-15)19(17-9-32-22(26)34-17)18(13)16-8-31-21(25)33-16/h1-4,8-9,13-14,18-19,27-29H,5-7H2,(H,30,35)(H3,25,31,33)(H3,26,32,34). The van der Waals surface area contributed by atoms with Crippen LogP contribution in [0.2, 0.25) is 0 Å². The zero-order valence-electron chi connectivity index (χ0n) is 18.6. The zero-order chi connectivity index (χ0) is 24.5. The summed E-state index contributed by atoms with van der Waals surface area (Å²) in [5.74, 6) is 1.02. The highest BCUT2D eigenvalue weighted by Gasteiger charge is 2.52. The van der Waals surface area contributed by atoms with Crippen LogP contribution in [0.25, 0.3) is 0 Å². The molecule has 1 saturated carbocycles. The minimum Gasteiger partial charge on any atom is -0.369 e. The number of nitrogens with one attached hydrogen (secondary N) is 6. The fourth-order valence-electron chi connectivity index (χ4n) is 5.06. The lowest BCUT2D eigenvalue weighted by atomic mass is 9.54. The molecule has 1 aliphatic rings. The Bertz CT molecular complexity index is 1310. The van der Waals surface area contributed by atoms with Crippen molar-refractivity contribution in [2.75, 3.05) is 24.6 Å². The molecule has 1 amide bonds. The van der Waals surface area contributed by atoms with Crippen molar-refractivity contribution in [2.45, 2.75) is 18.4 Å². The molecular formula is C22H26Br2N10O. The summed E-state index contributed by atoms with van der Waals surface area (Å²) in [7, 11) is 0. The van der Waals surface area contributed by atoms with Gasteiger partial charge in [-0.3, -0.25) is 4.79 Å². The van der Waals surface area contributed by atoms with E-state index in [1.807, 2.05) is 12.3 Å². The number of aromatic amines is 4. The number of nitrogens with zero attached hydrogens (tertiary/aromatic N) is 2. The summed E-state index contributed by atoms with van der Waals surface area (Å²) in [6.07, 6.45) is 7.20. The first-order valence-electron chi connectivity index (χ1n) is 11.2. The van der Waals surface area contributed by atoms with Gasteiger partial charge >= 0.3 is 0 Å². The third kappa shape index (κ3) is 5.02. The molecule has 184 valence electrons. The Balaban J connectivity index is 1.37. The number of carbonyl (C=O) groups is 1. The summed E-state index contributed by atoms with van der Waals surface area (Å²) in [6.45, 7) is 1.91. The summed E-state index contributed by atoms with van der Waals surface area (Å²) in [6, 6.07) is 3.80. The van der Waals surface area contributed by atoms with Crippen molar-refractivity contribution in [2.24, 2.45) is 11.8 Å². The van der Waals surface area contributed by atoms with Crippen LogP contribution in [0.3, 0.4) is 0 Å². The molecule has 11 nitrogen and oxygen atoms in total. The average molecular weight is 606 g/mol. The van der Waals surface area contributed by atoms with Crippen molar-refractivity contribution in [1.82, 2.24) is 40.5 Å². The molecule has 1 fully saturated rings. The molecule has 10 N–H and O–H groups in total. The van der Waals surface area contributed by atoms with Crippen molar-refractivity contribution >= 4 is 49.7 Å². The van der Waals surface area contributed by atoms with E-state index in [9.17, 15) is 4.79 Å². The molecule has 0 radical (unpaired) electrons. The van der Waals surface area contributed by atoms with Crippen LogP contribution in [0.4, 0.5) is 11.9 Å². The fraction of sp³-hybridized carbons (Fsp3) is 0.318. The van der Waals surface area contributed by atoms with Crippen molar-refractivity contribution in [3.8, 4) is 0 Å². The molecule has 4 aromatic heterocycles. The van der Waals surface area contributed by atoms with Crippen molar-refractivity contribution in [3.63, 3.8) is 0 Å². The van der Waals surface area contributed by atoms with Crippen LogP contribution < -0.4 is 22.1 Å². The first-order valence-corrected chi connectivity index (χ1v) is 12.7. The van der Waals surface area contributed by atoms with Crippen LogP contribution in [0.15, 0.2) is 45.9 Å². The monoisotopic (exact) mass is 604 g/mol. The first-order chi connectivity index (χ1) is 16.9. The van der Waals surface area contributed by atoms with Gasteiger partial charge in [-0.1, -0.05) is 0 Å². The number of hydrogen-bond donors (Lipinski definition) is 8. The van der Waals surface area contributed by atoms with Crippen LogP contribution in [0.1, 0.15) is 39.4 Å². The van der Waals surface area contributed by atoms with E-state index in [-0.39, 0.29) is 29.6 Å². The molecule has 0 bridgehead atoms. The fourth-order valence-corrected chi connectivity index (χ4v) is 5.79. The van der Waals surface area contributed by atoms with E-state index >= 15 is 0 Å². The maximum atomic E-state index is 12.8. The Morgan fingerprint density at radius 2 is 1.51 bits per heavy atom. The number of hydrogen-bond acceptors (Lipinski definition) is 6. The number of imidazole rings is 2. The molecular weight excluding hydrogens is 580 g/mol. The van der Waals surface area contributed by atoms with Gasteiger partial charge in [0.05, 0.1) is 12.4 Å². The number of anilines is 2. The van der Waals surface area contributed by atoms with Gasteiger partial charge in [0.25, 0.3) is 5.91 Å². The molecule has 4 heterocycles. The largest absolute Gasteiger partial charge is 0.369 e. The number of nitrogens with two attached hydrogens (primary N) is 2. The molecule has 0 saturated heterocycles. The van der Waals surface area contributed by atoms with Gasteiger partial charge in [-0.05, 0) is 62.4 Å². The number of carbonyl (C=O) groups excluding carboxylic acids is 1. The predicted molar refractivity (Wildman–Crippen MR) is 139 cm³/mol. The second-order valence-electron chi connectivity index (χ2n) is 8.74. The minimum absolute atomic E-state index is 0.0433. The van der Waals surface area contributed by atoms with Crippen molar-refractivity contribution in [3.05, 3.63) is 68.6 Å². The van der Waals surface area contributed by atoms with Crippen LogP contribution >= 0.6 is 31.9 Å². The van der Waals surface area contributed by atoms with Gasteiger partial charge < -0.3 is 42.0 Å². The molecule has 4 atom stereocenters. The quantitative estimate of drug-likeness (QED) is 0.145. The summed E-state index contributed by atoms with van der Waals surface area (Å²) in [5, 5.41) is 6.65. The molecule has 4 unspecified atom stereocenters. The highest BCUT2D eigenvalue weighted by atomic mass is 79.9. The van der Waals surface area contributed by atoms with Gasteiger partial charge in [0.2, 0.25) is 0 Å². The Morgan fingerprint density at radius 3 is 2.03 bits per heavy atom. The lowest BCUT2D eigenvalue weighted by Gasteiger charge is -2.51. The van der Waals surface area contributed by atoms with Crippen LogP contribution in [-0.4, -0.2) is 48.9 Å². The lowest BCUT2D eigenvalue weighted by Crippen LogP contribution is -2.52. The number of H-pyrrole nitrogens is 4. The molecule has 35 heavy (non-hydrogen) atoms. The van der Waals surface area contributed by atoms with Crippen molar-refractivity contribution in [1.29, 1.82) is 0 Å². The average Bonchev–Trinajstić information content (AvgIpc) is 3.60. The topological polar surface area (TPSA) is 182 Å². The van der Waals surface area contributed by atoms with E-state index in [0.29, 0.717) is 30.7 Å². The molecule has 4 aromatic rings. The molecule has 0 spiro atoms. The predicted octanol–water partition coefficient (Wildman–Crippen LogP) is 2.81. The van der Waals surface area contributed by atoms with Crippen molar-refractivity contribution < 1.29 is 4.79 Å². The first kappa shape index (κ1) is 23.7. The summed E-state index contributed by atoms with van der Waals surface area (Å²) in [5.41, 5.74) is 15.3. The van der Waals surface area contributed by atoms with E-state index in [1.54, 1.807) is 24.7 Å². The van der Waals surface area contributed by atoms with Gasteiger partial charge in [-0.25, -0.2) is 9.97 Å². The Kier molecular flexibility index (Phi) is 6.71. The third-order valence-corrected chi connectivity index (χ3v) is 7.52. The zero-order valence-corrected chi connectivity index (χ0v) is 21.8. The Hall–Kier alpha value is -3.03. The highest BCUT2D eigenvalue weighted by Crippen LogP contribution is 2.56. The Morgan fingerprint density at radius 1 is 0.914 bits per heavy atom. The third-order valence-electron chi connectivity index (χ3n) is 6.60. The van der Waals surface area contributed by atoms with E-state index in [2.05, 4.69) is 72.4 Å². The maximum absolute atomic E-state index is 12.8. The van der Waals surface area contributed by atoms with E-state index < -0.39 is 0 Å². The minimum atomic E-state index is -0.157. The SMILES string of the molecule is Nc1ncc(C2C(CNCc3cc(Br)c[nH]3)C(CNC(=O)c3cc(Br)c[nH]3)C2c2cnc(N)[nH]2)[nH]1. The van der Waals surface area contributed by atoms with E-state index in [4.69, 9.17) is 11.5 Å². The number of nitrogen functional groups attached to an aromatic ring is 2. The lowest BCUT2D eigenvalue weighted by molar-refractivity contribution is 0.0722. The molecule has 0 aliphatic heterocycles. The molecule has 5 rings (SSSR count). The molecule has 13 heteroatoms. The Labute approximate surface area is 217 Å². The van der Waals surface area contributed by atoms with Crippen LogP contribution in [-0.2, 0) is 6.54 Å². The summed E-state index contributed by atoms with van der Waals surface area (Å²) >= 11 is 6.85. The summed E-state index contributed by atoms with van der Waals surface area (Å²) in [4.78, 5) is 33.8. The van der Waals surface area contributed by atoms with E-state index in [0.717, 1.165) is 32.6 Å². The highest BCUT2D eigenvalue weighted by molar-refractivity contribution is 9.10. The number of halogens is 2. The van der Waals surface area contributed by atoms with Crippen LogP contribution in [0.5, 0.6) is 0 Å². The van der Waals surface area contributed by atoms with Crippen LogP contribution in [0, 0.1) is 11.8 Å². The number of amides is 1. The number of rotatable bonds is 9. The van der Waals surface area contributed by atoms with Gasteiger partial charge in [-0.15, -0.1) is 0 Å². The smallest absolute Gasteiger partial charge is 0.267 e. The maximum Gasteiger partial charge on any atom is 0.267 e. The normalized spacial score (nSPS) is 21.7. The van der Waals surface area contributed by atoms with E-state index in [1.165, 1.54) is 0 Å². The molecule has 0 aromatic carbocycles. The molecule has 1 aliphatic carbocycles. The summed E-state index contributed by atoms with van der Waals surface area (Å²) < 4.78 is 1.84. The van der Waals surface area contributed by atoms with Gasteiger partial charge in [0.1, 0.15) is 5.69 Å². The second-order valence-corrected chi connectivity index (χ2v) is 10.6. The van der Waals surface area contributed by atoms with Gasteiger partial charge in [0.15, 0.2) is 11.9 Å².